The highest BCUT2D eigenvalue weighted by atomic mass is 35.5. The van der Waals surface area contributed by atoms with Crippen LogP contribution in [0.1, 0.15) is 5.56 Å². The Morgan fingerprint density at radius 1 is 1.08 bits per heavy atom. The Balaban J connectivity index is 1.64. The molecule has 5 aromatic rings. The lowest BCUT2D eigenvalue weighted by atomic mass is 10.0. The van der Waals surface area contributed by atoms with Crippen LogP contribution in [0.4, 0.5) is 17.3 Å². The first kappa shape index (κ1) is 25.9. The molecule has 9 nitrogen and oxygen atoms in total. The number of methoxy groups -OCH3 is 2. The van der Waals surface area contributed by atoms with Crippen LogP contribution in [0.25, 0.3) is 27.8 Å². The third kappa shape index (κ3) is 4.68. The first-order chi connectivity index (χ1) is 18.9. The van der Waals surface area contributed by atoms with Crippen LogP contribution in [0.15, 0.2) is 61.6 Å². The first-order valence-electron chi connectivity index (χ1n) is 11.4. The average Bonchev–Trinajstić information content (AvgIpc) is 3.45. The summed E-state index contributed by atoms with van der Waals surface area (Å²) in [4.78, 5) is 25.7. The van der Waals surface area contributed by atoms with Gasteiger partial charge in [-0.05, 0) is 30.3 Å². The van der Waals surface area contributed by atoms with Gasteiger partial charge in [0.15, 0.2) is 5.65 Å². The molecule has 0 radical (unpaired) electrons. The Labute approximate surface area is 233 Å². The van der Waals surface area contributed by atoms with Crippen LogP contribution in [0.5, 0.6) is 11.5 Å². The molecule has 0 aliphatic heterocycles. The minimum absolute atomic E-state index is 0.284. The largest absolute Gasteiger partial charge is 0.495 e. The molecule has 1 amide bonds. The van der Waals surface area contributed by atoms with E-state index in [0.29, 0.717) is 66.3 Å². The van der Waals surface area contributed by atoms with E-state index in [9.17, 15) is 4.79 Å². The summed E-state index contributed by atoms with van der Waals surface area (Å²) in [6.45, 7) is 3.49. The van der Waals surface area contributed by atoms with Crippen molar-refractivity contribution in [3.63, 3.8) is 0 Å². The van der Waals surface area contributed by atoms with Crippen molar-refractivity contribution in [3.05, 3.63) is 77.2 Å². The molecule has 0 saturated carbocycles. The number of terminal acetylenes is 1. The van der Waals surface area contributed by atoms with Crippen molar-refractivity contribution in [2.45, 2.75) is 0 Å². The number of imidazole rings is 1. The number of nitrogens with one attached hydrogen (secondary N) is 2. The average molecular weight is 559 g/mol. The smallest absolute Gasteiger partial charge is 0.247 e. The first-order valence-corrected chi connectivity index (χ1v) is 12.2. The van der Waals surface area contributed by atoms with Gasteiger partial charge in [-0.3, -0.25) is 9.20 Å². The Morgan fingerprint density at radius 2 is 1.82 bits per heavy atom. The molecular formula is C28H20Cl2N6O3. The van der Waals surface area contributed by atoms with E-state index in [0.717, 1.165) is 0 Å². The minimum atomic E-state index is -0.384. The van der Waals surface area contributed by atoms with E-state index < -0.39 is 0 Å². The number of rotatable bonds is 7. The highest BCUT2D eigenvalue weighted by molar-refractivity contribution is 6.41. The van der Waals surface area contributed by atoms with Crippen LogP contribution < -0.4 is 20.1 Å². The molecule has 0 spiro atoms. The van der Waals surface area contributed by atoms with E-state index in [4.69, 9.17) is 44.1 Å². The summed E-state index contributed by atoms with van der Waals surface area (Å²) >= 11 is 13.4. The van der Waals surface area contributed by atoms with E-state index in [1.165, 1.54) is 20.3 Å². The van der Waals surface area contributed by atoms with Gasteiger partial charge in [-0.15, -0.1) is 6.42 Å². The molecule has 2 N–H and O–H groups in total. The zero-order valence-electron chi connectivity index (χ0n) is 20.8. The second-order valence-corrected chi connectivity index (χ2v) is 8.91. The van der Waals surface area contributed by atoms with Crippen molar-refractivity contribution < 1.29 is 14.3 Å². The fourth-order valence-corrected chi connectivity index (χ4v) is 4.79. The molecule has 11 heteroatoms. The number of fused-ring (bicyclic) bond motifs is 3. The van der Waals surface area contributed by atoms with E-state index >= 15 is 0 Å². The lowest BCUT2D eigenvalue weighted by Gasteiger charge is -2.16. The van der Waals surface area contributed by atoms with Crippen molar-refractivity contribution in [1.82, 2.24) is 19.4 Å². The van der Waals surface area contributed by atoms with Gasteiger partial charge < -0.3 is 20.1 Å². The summed E-state index contributed by atoms with van der Waals surface area (Å²) < 4.78 is 12.7. The number of benzene rings is 2. The van der Waals surface area contributed by atoms with Crippen LogP contribution in [-0.2, 0) is 4.79 Å². The fraction of sp³-hybridized carbons (Fsp3) is 0.0714. The molecule has 2 aromatic carbocycles. The quantitative estimate of drug-likeness (QED) is 0.183. The van der Waals surface area contributed by atoms with E-state index in [1.54, 1.807) is 47.3 Å². The van der Waals surface area contributed by atoms with Crippen LogP contribution >= 0.6 is 23.2 Å². The Hall–Kier alpha value is -4.78. The van der Waals surface area contributed by atoms with Gasteiger partial charge in [0.2, 0.25) is 11.9 Å². The molecule has 0 aliphatic rings. The van der Waals surface area contributed by atoms with Crippen molar-refractivity contribution >= 4 is 63.1 Å². The summed E-state index contributed by atoms with van der Waals surface area (Å²) in [7, 11) is 3.03. The number of halogens is 2. The predicted octanol–water partition coefficient (Wildman–Crippen LogP) is 6.12. The molecule has 0 saturated heterocycles. The van der Waals surface area contributed by atoms with Gasteiger partial charge in [0.05, 0.1) is 35.6 Å². The molecule has 0 bridgehead atoms. The number of nitrogens with zero attached hydrogens (tertiary/aromatic N) is 4. The molecule has 3 heterocycles. The van der Waals surface area contributed by atoms with Gasteiger partial charge in [0.25, 0.3) is 0 Å². The lowest BCUT2D eigenvalue weighted by molar-refractivity contribution is -0.111. The number of pyridine rings is 1. The molecule has 0 atom stereocenters. The SMILES string of the molecule is C#Cc1ccc(Nc2ncc3cc(-c4c(Cl)c(OC)cc(OC)c4Cl)c4nccn4c3n2)c(NC(=O)C=C)c1. The van der Waals surface area contributed by atoms with Crippen molar-refractivity contribution in [2.75, 3.05) is 24.9 Å². The second-order valence-electron chi connectivity index (χ2n) is 8.16. The zero-order chi connectivity index (χ0) is 27.7. The number of aromatic nitrogens is 4. The molecule has 3 aromatic heterocycles. The second kappa shape index (κ2) is 10.5. The summed E-state index contributed by atoms with van der Waals surface area (Å²) in [6, 6.07) is 8.62. The number of ether oxygens (including phenoxy) is 2. The molecule has 194 valence electrons. The highest BCUT2D eigenvalue weighted by Gasteiger charge is 2.22. The fourth-order valence-electron chi connectivity index (χ4n) is 4.09. The number of hydrogen-bond donors (Lipinski definition) is 2. The monoisotopic (exact) mass is 558 g/mol. The van der Waals surface area contributed by atoms with Gasteiger partial charge in [-0.2, -0.15) is 4.98 Å². The van der Waals surface area contributed by atoms with E-state index in [-0.39, 0.29) is 11.9 Å². The third-order valence-corrected chi connectivity index (χ3v) is 6.68. The van der Waals surface area contributed by atoms with Crippen LogP contribution in [0, 0.1) is 12.3 Å². The summed E-state index contributed by atoms with van der Waals surface area (Å²) in [5, 5.41) is 7.21. The number of hydrogen-bond acceptors (Lipinski definition) is 7. The van der Waals surface area contributed by atoms with Crippen LogP contribution in [-0.4, -0.2) is 39.5 Å². The summed E-state index contributed by atoms with van der Waals surface area (Å²) in [5.41, 5.74) is 3.88. The van der Waals surface area contributed by atoms with Crippen LogP contribution in [0.3, 0.4) is 0 Å². The summed E-state index contributed by atoms with van der Waals surface area (Å²) in [5.74, 6) is 3.26. The number of carbonyl (C=O) groups excluding carboxylic acids is 1. The maximum absolute atomic E-state index is 12.0. The van der Waals surface area contributed by atoms with Crippen molar-refractivity contribution in [1.29, 1.82) is 0 Å². The molecule has 39 heavy (non-hydrogen) atoms. The molecule has 5 rings (SSSR count). The standard InChI is InChI=1S/C28H20Cl2N6O3/c1-5-15-7-8-18(19(11-15)33-22(37)6-2)34-28-32-14-16-12-17(27-31-9-10-36(27)26(16)35-28)23-24(29)20(38-3)13-21(39-4)25(23)30/h1,6-14H,2H2,3-4H3,(H,33,37)(H,32,34,35). The van der Waals surface area contributed by atoms with Gasteiger partial charge in [-0.25, -0.2) is 9.97 Å². The van der Waals surface area contributed by atoms with Gasteiger partial charge in [-0.1, -0.05) is 35.7 Å². The van der Waals surface area contributed by atoms with E-state index in [2.05, 4.69) is 33.1 Å². The van der Waals surface area contributed by atoms with Crippen LogP contribution in [0.2, 0.25) is 10.0 Å². The number of anilines is 3. The van der Waals surface area contributed by atoms with E-state index in [1.807, 2.05) is 6.07 Å². The predicted molar refractivity (Wildman–Crippen MR) is 153 cm³/mol. The normalized spacial score (nSPS) is 10.7. The minimum Gasteiger partial charge on any atom is -0.495 e. The Kier molecular flexibility index (Phi) is 6.98. The molecule has 0 fully saturated rings. The van der Waals surface area contributed by atoms with Crippen molar-refractivity contribution in [2.24, 2.45) is 0 Å². The number of amides is 1. The maximum atomic E-state index is 12.0. The molecular weight excluding hydrogens is 539 g/mol. The lowest BCUT2D eigenvalue weighted by Crippen LogP contribution is -2.10. The zero-order valence-corrected chi connectivity index (χ0v) is 22.3. The van der Waals surface area contributed by atoms with Gasteiger partial charge >= 0.3 is 0 Å². The maximum Gasteiger partial charge on any atom is 0.247 e. The molecule has 0 unspecified atom stereocenters. The highest BCUT2D eigenvalue weighted by Crippen LogP contribution is 2.47. The number of carbonyl (C=O) groups is 1. The Bertz CT molecular complexity index is 1800. The van der Waals surface area contributed by atoms with Gasteiger partial charge in [0.1, 0.15) is 17.1 Å². The van der Waals surface area contributed by atoms with Gasteiger partial charge in [0, 0.05) is 46.7 Å². The molecule has 0 aliphatic carbocycles. The topological polar surface area (TPSA) is 103 Å². The third-order valence-electron chi connectivity index (χ3n) is 5.92. The van der Waals surface area contributed by atoms with Crippen molar-refractivity contribution in [3.8, 4) is 35.0 Å². The summed E-state index contributed by atoms with van der Waals surface area (Å²) in [6.07, 6.45) is 11.8. The Morgan fingerprint density at radius 3 is 2.49 bits per heavy atom.